The number of anilines is 1. The van der Waals surface area contributed by atoms with Crippen molar-refractivity contribution in [3.05, 3.63) is 70.8 Å². The molecule has 0 bridgehead atoms. The molecule has 0 aliphatic carbocycles. The zero-order valence-corrected chi connectivity index (χ0v) is 17.7. The third-order valence-corrected chi connectivity index (χ3v) is 5.88. The smallest absolute Gasteiger partial charge is 0.232 e. The lowest BCUT2D eigenvalue weighted by Crippen LogP contribution is -2.14. The lowest BCUT2D eigenvalue weighted by molar-refractivity contribution is -0.115. The summed E-state index contributed by atoms with van der Waals surface area (Å²) < 4.78 is 18.7. The molecule has 0 aliphatic rings. The van der Waals surface area contributed by atoms with Crippen LogP contribution in [0, 0.1) is 5.82 Å². The van der Waals surface area contributed by atoms with Crippen LogP contribution in [0.1, 0.15) is 12.6 Å². The van der Waals surface area contributed by atoms with Gasteiger partial charge in [-0.3, -0.25) is 4.79 Å². The number of hydrogen-bond donors (Lipinski definition) is 1. The molecule has 0 saturated carbocycles. The minimum Gasteiger partial charge on any atom is -0.493 e. The predicted molar refractivity (Wildman–Crippen MR) is 119 cm³/mol. The second kappa shape index (κ2) is 9.15. The topological polar surface area (TPSA) is 64.1 Å². The molecule has 0 spiro atoms. The first kappa shape index (κ1) is 20.2. The van der Waals surface area contributed by atoms with Crippen molar-refractivity contribution in [1.29, 1.82) is 0 Å². The monoisotopic (exact) mass is 439 g/mol. The molecule has 0 atom stereocenters. The third kappa shape index (κ3) is 4.72. The molecule has 4 rings (SSSR count). The fourth-order valence-electron chi connectivity index (χ4n) is 2.85. The summed E-state index contributed by atoms with van der Waals surface area (Å²) in [5.41, 5.74) is 3.10. The quantitative estimate of drug-likeness (QED) is 0.404. The maximum atomic E-state index is 13.1. The Labute approximate surface area is 181 Å². The van der Waals surface area contributed by atoms with Crippen molar-refractivity contribution in [1.82, 2.24) is 9.97 Å². The van der Waals surface area contributed by atoms with Gasteiger partial charge in [-0.25, -0.2) is 14.4 Å². The summed E-state index contributed by atoms with van der Waals surface area (Å²) in [6, 6.07) is 13.8. The number of nitrogens with zero attached hydrogens (tertiary/aromatic N) is 2. The number of benzene rings is 2. The zero-order valence-electron chi connectivity index (χ0n) is 16.1. The van der Waals surface area contributed by atoms with E-state index in [1.165, 1.54) is 34.8 Å². The van der Waals surface area contributed by atoms with Crippen LogP contribution in [0.5, 0.6) is 5.75 Å². The van der Waals surface area contributed by atoms with Gasteiger partial charge in [-0.2, -0.15) is 0 Å². The molecule has 1 N–H and O–H groups in total. The van der Waals surface area contributed by atoms with E-state index in [1.54, 1.807) is 12.1 Å². The minimum absolute atomic E-state index is 0.152. The van der Waals surface area contributed by atoms with Crippen molar-refractivity contribution in [2.24, 2.45) is 0 Å². The average molecular weight is 440 g/mol. The van der Waals surface area contributed by atoms with Crippen molar-refractivity contribution in [2.45, 2.75) is 13.3 Å². The first-order chi connectivity index (χ1) is 14.6. The summed E-state index contributed by atoms with van der Waals surface area (Å²) in [6.07, 6.45) is 0.152. The van der Waals surface area contributed by atoms with E-state index in [4.69, 9.17) is 4.74 Å². The van der Waals surface area contributed by atoms with Crippen molar-refractivity contribution in [3.8, 4) is 27.6 Å². The van der Waals surface area contributed by atoms with Gasteiger partial charge in [0.05, 0.1) is 30.0 Å². The molecule has 152 valence electrons. The van der Waals surface area contributed by atoms with E-state index < -0.39 is 0 Å². The standard InChI is InChI=1S/C22H18FN3O2S2/c1-2-28-19-6-4-3-5-17(19)21-24-16(12-29-21)11-20(27)26-22-25-18(13-30-22)14-7-9-15(23)10-8-14/h3-10,12-13H,2,11H2,1H3,(H,25,26,27). The van der Waals surface area contributed by atoms with Crippen LogP contribution in [0.15, 0.2) is 59.3 Å². The molecule has 1 amide bonds. The Morgan fingerprint density at radius 2 is 1.87 bits per heavy atom. The molecule has 2 aromatic carbocycles. The Kier molecular flexibility index (Phi) is 6.15. The third-order valence-electron chi connectivity index (χ3n) is 4.20. The maximum Gasteiger partial charge on any atom is 0.232 e. The Balaban J connectivity index is 1.41. The molecule has 0 aliphatic heterocycles. The molecule has 0 unspecified atom stereocenters. The SMILES string of the molecule is CCOc1ccccc1-c1nc(CC(=O)Nc2nc(-c3ccc(F)cc3)cs2)cs1. The molecule has 2 heterocycles. The van der Waals surface area contributed by atoms with Gasteiger partial charge in [-0.05, 0) is 43.3 Å². The van der Waals surface area contributed by atoms with Crippen LogP contribution >= 0.6 is 22.7 Å². The van der Waals surface area contributed by atoms with Gasteiger partial charge in [0.25, 0.3) is 0 Å². The molecule has 4 aromatic rings. The van der Waals surface area contributed by atoms with Crippen LogP contribution in [0.3, 0.4) is 0 Å². The summed E-state index contributed by atoms with van der Waals surface area (Å²) in [4.78, 5) is 21.4. The second-order valence-corrected chi connectivity index (χ2v) is 8.06. The second-order valence-electron chi connectivity index (χ2n) is 6.34. The van der Waals surface area contributed by atoms with E-state index in [0.717, 1.165) is 21.9 Å². The van der Waals surface area contributed by atoms with E-state index >= 15 is 0 Å². The molecular weight excluding hydrogens is 421 g/mol. The summed E-state index contributed by atoms with van der Waals surface area (Å²) in [6.45, 7) is 2.51. The fourth-order valence-corrected chi connectivity index (χ4v) is 4.43. The van der Waals surface area contributed by atoms with Crippen LogP contribution in [-0.4, -0.2) is 22.5 Å². The normalized spacial score (nSPS) is 10.7. The highest BCUT2D eigenvalue weighted by Crippen LogP contribution is 2.32. The number of rotatable bonds is 7. The van der Waals surface area contributed by atoms with Gasteiger partial charge >= 0.3 is 0 Å². The van der Waals surface area contributed by atoms with Gasteiger partial charge in [-0.15, -0.1) is 22.7 Å². The average Bonchev–Trinajstić information content (AvgIpc) is 3.39. The number of para-hydroxylation sites is 1. The van der Waals surface area contributed by atoms with Gasteiger partial charge in [0, 0.05) is 16.3 Å². The van der Waals surface area contributed by atoms with Crippen LogP contribution in [-0.2, 0) is 11.2 Å². The van der Waals surface area contributed by atoms with Crippen LogP contribution in [0.25, 0.3) is 21.8 Å². The molecule has 0 fully saturated rings. The minimum atomic E-state index is -0.297. The van der Waals surface area contributed by atoms with E-state index in [1.807, 2.05) is 41.9 Å². The number of amides is 1. The molecule has 8 heteroatoms. The fraction of sp³-hybridized carbons (Fsp3) is 0.136. The molecule has 5 nitrogen and oxygen atoms in total. The highest BCUT2D eigenvalue weighted by Gasteiger charge is 2.14. The summed E-state index contributed by atoms with van der Waals surface area (Å²) >= 11 is 2.80. The van der Waals surface area contributed by atoms with E-state index in [-0.39, 0.29) is 18.1 Å². The molecule has 30 heavy (non-hydrogen) atoms. The molecule has 0 radical (unpaired) electrons. The highest BCUT2D eigenvalue weighted by molar-refractivity contribution is 7.14. The zero-order chi connectivity index (χ0) is 20.9. The highest BCUT2D eigenvalue weighted by atomic mass is 32.1. The number of halogens is 1. The Hall–Kier alpha value is -3.10. The maximum absolute atomic E-state index is 13.1. The van der Waals surface area contributed by atoms with Crippen molar-refractivity contribution < 1.29 is 13.9 Å². The number of hydrogen-bond acceptors (Lipinski definition) is 6. The van der Waals surface area contributed by atoms with E-state index in [0.29, 0.717) is 23.1 Å². The lowest BCUT2D eigenvalue weighted by atomic mass is 10.2. The lowest BCUT2D eigenvalue weighted by Gasteiger charge is -2.07. The Morgan fingerprint density at radius 1 is 1.07 bits per heavy atom. The number of aromatic nitrogens is 2. The number of carbonyl (C=O) groups is 1. The summed E-state index contributed by atoms with van der Waals surface area (Å²) in [5, 5.41) is 7.82. The molecular formula is C22H18FN3O2S2. The van der Waals surface area contributed by atoms with Crippen LogP contribution in [0.4, 0.5) is 9.52 Å². The van der Waals surface area contributed by atoms with E-state index in [2.05, 4.69) is 15.3 Å². The predicted octanol–water partition coefficient (Wildman–Crippen LogP) is 5.65. The summed E-state index contributed by atoms with van der Waals surface area (Å²) in [5.74, 6) is 0.292. The van der Waals surface area contributed by atoms with Gasteiger partial charge in [0.2, 0.25) is 5.91 Å². The molecule has 0 saturated heterocycles. The summed E-state index contributed by atoms with van der Waals surface area (Å²) in [7, 11) is 0. The number of ether oxygens (including phenoxy) is 1. The molecule has 2 aromatic heterocycles. The van der Waals surface area contributed by atoms with Gasteiger partial charge in [0.1, 0.15) is 16.6 Å². The van der Waals surface area contributed by atoms with Crippen molar-refractivity contribution in [3.63, 3.8) is 0 Å². The van der Waals surface area contributed by atoms with Gasteiger partial charge < -0.3 is 10.1 Å². The van der Waals surface area contributed by atoms with Crippen LogP contribution < -0.4 is 10.1 Å². The van der Waals surface area contributed by atoms with Crippen molar-refractivity contribution in [2.75, 3.05) is 11.9 Å². The Bertz CT molecular complexity index is 1160. The largest absolute Gasteiger partial charge is 0.493 e. The first-order valence-electron chi connectivity index (χ1n) is 9.30. The van der Waals surface area contributed by atoms with E-state index in [9.17, 15) is 9.18 Å². The van der Waals surface area contributed by atoms with Crippen LogP contribution in [0.2, 0.25) is 0 Å². The first-order valence-corrected chi connectivity index (χ1v) is 11.1. The van der Waals surface area contributed by atoms with Crippen molar-refractivity contribution >= 4 is 33.7 Å². The number of thiazole rings is 2. The van der Waals surface area contributed by atoms with Gasteiger partial charge in [0.15, 0.2) is 5.13 Å². The number of nitrogens with one attached hydrogen (secondary N) is 1. The Morgan fingerprint density at radius 3 is 2.67 bits per heavy atom. The number of carbonyl (C=O) groups excluding carboxylic acids is 1. The van der Waals surface area contributed by atoms with Gasteiger partial charge in [-0.1, -0.05) is 12.1 Å².